The molecule has 3 aromatic rings. The van der Waals surface area contributed by atoms with Crippen molar-refractivity contribution in [3.05, 3.63) is 64.4 Å². The maximum Gasteiger partial charge on any atom is 0.255 e. The van der Waals surface area contributed by atoms with Crippen LogP contribution >= 0.6 is 23.2 Å². The highest BCUT2D eigenvalue weighted by Crippen LogP contribution is 2.24. The first-order valence-corrected chi connectivity index (χ1v) is 9.20. The van der Waals surface area contributed by atoms with Crippen molar-refractivity contribution in [2.45, 2.75) is 0 Å². The number of benzene rings is 2. The van der Waals surface area contributed by atoms with E-state index in [-0.39, 0.29) is 5.91 Å². The average Bonchev–Trinajstić information content (AvgIpc) is 3.23. The molecule has 0 saturated carbocycles. The first-order chi connectivity index (χ1) is 13.1. The molecule has 1 fully saturated rings. The van der Waals surface area contributed by atoms with Crippen LogP contribution in [-0.2, 0) is 0 Å². The van der Waals surface area contributed by atoms with Crippen LogP contribution in [-0.4, -0.2) is 57.2 Å². The molecule has 0 bridgehead atoms. The van der Waals surface area contributed by atoms with Gasteiger partial charge in [-0.15, -0.1) is 5.10 Å². The summed E-state index contributed by atoms with van der Waals surface area (Å²) in [6.45, 7) is 2.68. The van der Waals surface area contributed by atoms with Crippen molar-refractivity contribution in [3.8, 4) is 5.69 Å². The minimum Gasteiger partial charge on any atom is -0.368 e. The molecule has 9 heteroatoms. The third kappa shape index (κ3) is 3.74. The Kier molecular flexibility index (Phi) is 4.96. The van der Waals surface area contributed by atoms with Crippen LogP contribution in [0, 0.1) is 0 Å². The maximum atomic E-state index is 13.0. The molecule has 1 aliphatic rings. The summed E-state index contributed by atoms with van der Waals surface area (Å²) in [4.78, 5) is 17.0. The van der Waals surface area contributed by atoms with Gasteiger partial charge >= 0.3 is 0 Å². The molecule has 0 aliphatic carbocycles. The standard InChI is InChI=1S/C18H16Cl2N6O/c19-13-2-1-3-14(10-13)24-6-8-25(9-7-24)18(27)16-11-15(4-5-17(16)20)26-12-21-22-23-26/h1-5,10-12H,6-9H2. The van der Waals surface area contributed by atoms with Crippen LogP contribution in [0.2, 0.25) is 10.0 Å². The summed E-state index contributed by atoms with van der Waals surface area (Å²) in [6.07, 6.45) is 1.47. The molecule has 0 unspecified atom stereocenters. The number of halogens is 2. The predicted octanol–water partition coefficient (Wildman–Crippen LogP) is 2.93. The second kappa shape index (κ2) is 7.54. The van der Waals surface area contributed by atoms with Gasteiger partial charge in [0.25, 0.3) is 5.91 Å². The number of tetrazole rings is 1. The number of piperazine rings is 1. The van der Waals surface area contributed by atoms with Crippen LogP contribution in [0.1, 0.15) is 10.4 Å². The molecule has 27 heavy (non-hydrogen) atoms. The number of aromatic nitrogens is 4. The zero-order valence-electron chi connectivity index (χ0n) is 14.3. The van der Waals surface area contributed by atoms with Gasteiger partial charge in [0.15, 0.2) is 0 Å². The fraction of sp³-hybridized carbons (Fsp3) is 0.222. The SMILES string of the molecule is O=C(c1cc(-n2cnnn2)ccc1Cl)N1CCN(c2cccc(Cl)c2)CC1. The quantitative estimate of drug-likeness (QED) is 0.673. The molecule has 0 N–H and O–H groups in total. The molecule has 1 saturated heterocycles. The Morgan fingerprint density at radius 1 is 0.963 bits per heavy atom. The predicted molar refractivity (Wildman–Crippen MR) is 104 cm³/mol. The third-order valence-electron chi connectivity index (χ3n) is 4.53. The summed E-state index contributed by atoms with van der Waals surface area (Å²) < 4.78 is 1.49. The number of nitrogens with zero attached hydrogens (tertiary/aromatic N) is 6. The molecular weight excluding hydrogens is 387 g/mol. The van der Waals surface area contributed by atoms with Gasteiger partial charge in [-0.2, -0.15) is 0 Å². The van der Waals surface area contributed by atoms with E-state index in [1.54, 1.807) is 18.2 Å². The highest BCUT2D eigenvalue weighted by molar-refractivity contribution is 6.34. The fourth-order valence-electron chi connectivity index (χ4n) is 3.11. The van der Waals surface area contributed by atoms with Crippen molar-refractivity contribution in [1.82, 2.24) is 25.1 Å². The number of anilines is 1. The summed E-state index contributed by atoms with van der Waals surface area (Å²) in [5, 5.41) is 12.2. The maximum absolute atomic E-state index is 13.0. The molecule has 0 radical (unpaired) electrons. The normalized spacial score (nSPS) is 14.4. The fourth-order valence-corrected chi connectivity index (χ4v) is 3.49. The Morgan fingerprint density at radius 3 is 2.48 bits per heavy atom. The first-order valence-electron chi connectivity index (χ1n) is 8.44. The number of hydrogen-bond donors (Lipinski definition) is 0. The van der Waals surface area contributed by atoms with E-state index in [0.717, 1.165) is 18.8 Å². The number of carbonyl (C=O) groups excluding carboxylic acids is 1. The first kappa shape index (κ1) is 17.8. The van der Waals surface area contributed by atoms with E-state index in [9.17, 15) is 4.79 Å². The van der Waals surface area contributed by atoms with E-state index in [2.05, 4.69) is 20.4 Å². The molecule has 2 aromatic carbocycles. The molecule has 0 spiro atoms. The molecule has 2 heterocycles. The summed E-state index contributed by atoms with van der Waals surface area (Å²) >= 11 is 12.4. The van der Waals surface area contributed by atoms with Gasteiger partial charge < -0.3 is 9.80 Å². The van der Waals surface area contributed by atoms with Gasteiger partial charge in [0.05, 0.1) is 16.3 Å². The van der Waals surface area contributed by atoms with E-state index in [0.29, 0.717) is 34.4 Å². The lowest BCUT2D eigenvalue weighted by atomic mass is 10.1. The van der Waals surface area contributed by atoms with Crippen LogP contribution in [0.3, 0.4) is 0 Å². The average molecular weight is 403 g/mol. The third-order valence-corrected chi connectivity index (χ3v) is 5.10. The van der Waals surface area contributed by atoms with Crippen molar-refractivity contribution in [2.24, 2.45) is 0 Å². The summed E-state index contributed by atoms with van der Waals surface area (Å²) in [7, 11) is 0. The van der Waals surface area contributed by atoms with E-state index in [1.807, 2.05) is 29.2 Å². The lowest BCUT2D eigenvalue weighted by Gasteiger charge is -2.36. The second-order valence-electron chi connectivity index (χ2n) is 6.18. The smallest absolute Gasteiger partial charge is 0.255 e. The van der Waals surface area contributed by atoms with E-state index < -0.39 is 0 Å². The van der Waals surface area contributed by atoms with Crippen LogP contribution in [0.4, 0.5) is 5.69 Å². The number of hydrogen-bond acceptors (Lipinski definition) is 5. The summed E-state index contributed by atoms with van der Waals surface area (Å²) in [5.41, 5.74) is 2.19. The number of carbonyl (C=O) groups is 1. The number of rotatable bonds is 3. The van der Waals surface area contributed by atoms with Gasteiger partial charge in [-0.1, -0.05) is 29.3 Å². The highest BCUT2D eigenvalue weighted by Gasteiger charge is 2.24. The van der Waals surface area contributed by atoms with Gasteiger partial charge in [0, 0.05) is 36.9 Å². The largest absolute Gasteiger partial charge is 0.368 e. The monoisotopic (exact) mass is 402 g/mol. The summed E-state index contributed by atoms with van der Waals surface area (Å²) in [6, 6.07) is 12.9. The van der Waals surface area contributed by atoms with Crippen molar-refractivity contribution in [3.63, 3.8) is 0 Å². The van der Waals surface area contributed by atoms with E-state index in [4.69, 9.17) is 23.2 Å². The Bertz CT molecular complexity index is 954. The molecule has 1 aromatic heterocycles. The van der Waals surface area contributed by atoms with Crippen LogP contribution < -0.4 is 4.90 Å². The van der Waals surface area contributed by atoms with Crippen molar-refractivity contribution in [1.29, 1.82) is 0 Å². The molecule has 0 atom stereocenters. The van der Waals surface area contributed by atoms with Gasteiger partial charge in [-0.05, 0) is 46.8 Å². The van der Waals surface area contributed by atoms with E-state index >= 15 is 0 Å². The number of amides is 1. The molecule has 1 aliphatic heterocycles. The van der Waals surface area contributed by atoms with E-state index in [1.165, 1.54) is 11.0 Å². The zero-order valence-corrected chi connectivity index (χ0v) is 15.8. The molecule has 138 valence electrons. The molecule has 4 rings (SSSR count). The highest BCUT2D eigenvalue weighted by atomic mass is 35.5. The van der Waals surface area contributed by atoms with Gasteiger partial charge in [0.1, 0.15) is 6.33 Å². The zero-order chi connectivity index (χ0) is 18.8. The summed E-state index contributed by atoms with van der Waals surface area (Å²) in [5.74, 6) is -0.0966. The Hall–Kier alpha value is -2.64. The van der Waals surface area contributed by atoms with Crippen LogP contribution in [0.15, 0.2) is 48.8 Å². The van der Waals surface area contributed by atoms with Crippen molar-refractivity contribution >= 4 is 34.8 Å². The van der Waals surface area contributed by atoms with Gasteiger partial charge in [-0.25, -0.2) is 4.68 Å². The van der Waals surface area contributed by atoms with Crippen LogP contribution in [0.5, 0.6) is 0 Å². The molecule has 1 amide bonds. The Morgan fingerprint density at radius 2 is 1.78 bits per heavy atom. The second-order valence-corrected chi connectivity index (χ2v) is 7.02. The van der Waals surface area contributed by atoms with Crippen molar-refractivity contribution in [2.75, 3.05) is 31.1 Å². The van der Waals surface area contributed by atoms with Crippen molar-refractivity contribution < 1.29 is 4.79 Å². The van der Waals surface area contributed by atoms with Crippen LogP contribution in [0.25, 0.3) is 5.69 Å². The Labute approximate surface area is 166 Å². The van der Waals surface area contributed by atoms with Gasteiger partial charge in [-0.3, -0.25) is 4.79 Å². The minimum absolute atomic E-state index is 0.0966. The lowest BCUT2D eigenvalue weighted by Crippen LogP contribution is -2.48. The lowest BCUT2D eigenvalue weighted by molar-refractivity contribution is 0.0747. The molecular formula is C18H16Cl2N6O. The molecule has 7 nitrogen and oxygen atoms in total. The minimum atomic E-state index is -0.0966. The Balaban J connectivity index is 1.49. The van der Waals surface area contributed by atoms with Gasteiger partial charge in [0.2, 0.25) is 0 Å². The topological polar surface area (TPSA) is 67.2 Å².